The van der Waals surface area contributed by atoms with Gasteiger partial charge in [0.05, 0.1) is 25.6 Å². The fraction of sp³-hybridized carbons (Fsp3) is 0.429. The number of aromatic amines is 2. The van der Waals surface area contributed by atoms with Crippen LogP contribution in [0.5, 0.6) is 0 Å². The Hall–Kier alpha value is -4.20. The fourth-order valence-corrected chi connectivity index (χ4v) is 6.10. The maximum absolute atomic E-state index is 11.7. The summed E-state index contributed by atoms with van der Waals surface area (Å²) in [5.74, 6) is -0.405. The number of aryl methyl sites for hydroxylation is 2. The van der Waals surface area contributed by atoms with Gasteiger partial charge in [0.15, 0.2) is 0 Å². The van der Waals surface area contributed by atoms with Gasteiger partial charge in [-0.25, -0.2) is 0 Å². The van der Waals surface area contributed by atoms with E-state index in [-0.39, 0.29) is 11.9 Å². The molecule has 0 spiro atoms. The van der Waals surface area contributed by atoms with Gasteiger partial charge in [0.2, 0.25) is 0 Å². The molecular formula is C35H44N4O4. The summed E-state index contributed by atoms with van der Waals surface area (Å²) in [5, 5.41) is 0. The Kier molecular flexibility index (Phi) is 9.58. The van der Waals surface area contributed by atoms with Crippen LogP contribution in [0.1, 0.15) is 92.0 Å². The summed E-state index contributed by atoms with van der Waals surface area (Å²) in [7, 11) is 2.84. The molecule has 0 bridgehead atoms. The molecule has 0 saturated carbocycles. The molecule has 0 aromatic carbocycles. The van der Waals surface area contributed by atoms with Gasteiger partial charge in [-0.05, 0) is 125 Å². The van der Waals surface area contributed by atoms with E-state index in [1.165, 1.54) is 25.4 Å². The number of aromatic nitrogens is 2. The molecule has 2 aliphatic heterocycles. The number of rotatable bonds is 10. The SMILES string of the molecule is COC(=O)CCc1c(C)[nH]c(C=C2N=C(C)C(CC3=C(C)C(=Cc4[nH]c(C)c(CCC(=O)OC)c4C)N=C3C)=C2C)c1C. The number of aliphatic imine (C=N–C) groups is 2. The van der Waals surface area contributed by atoms with Crippen molar-refractivity contribution in [1.29, 1.82) is 0 Å². The van der Waals surface area contributed by atoms with Gasteiger partial charge in [0, 0.05) is 53.5 Å². The molecule has 4 rings (SSSR count). The van der Waals surface area contributed by atoms with Gasteiger partial charge in [-0.1, -0.05) is 0 Å². The van der Waals surface area contributed by atoms with Gasteiger partial charge in [0.1, 0.15) is 0 Å². The summed E-state index contributed by atoms with van der Waals surface area (Å²) >= 11 is 0. The van der Waals surface area contributed by atoms with E-state index in [1.54, 1.807) is 0 Å². The third-order valence-electron chi connectivity index (χ3n) is 8.92. The van der Waals surface area contributed by atoms with Gasteiger partial charge < -0.3 is 19.4 Å². The first-order chi connectivity index (χ1) is 20.4. The van der Waals surface area contributed by atoms with Crippen molar-refractivity contribution in [2.24, 2.45) is 9.98 Å². The second-order valence-electron chi connectivity index (χ2n) is 11.5. The first kappa shape index (κ1) is 31.7. The van der Waals surface area contributed by atoms with Gasteiger partial charge >= 0.3 is 11.9 Å². The van der Waals surface area contributed by atoms with Crippen molar-refractivity contribution in [2.45, 2.75) is 87.5 Å². The van der Waals surface area contributed by atoms with Crippen molar-refractivity contribution in [3.63, 3.8) is 0 Å². The monoisotopic (exact) mass is 584 g/mol. The molecular weight excluding hydrogens is 540 g/mol. The van der Waals surface area contributed by atoms with Gasteiger partial charge in [-0.2, -0.15) is 0 Å². The topological polar surface area (TPSA) is 109 Å². The molecule has 8 nitrogen and oxygen atoms in total. The standard InChI is InChI=1S/C35H44N4O4/c1-18-26(11-13-34(40)42-9)22(5)36-30(18)16-32-20(3)28(24(7)38-32)15-29-21(4)33(39-25(29)8)17-31-19(2)27(23(6)37-31)12-14-35(41)43-10/h16-17,36-37H,11-15H2,1-10H3. The first-order valence-corrected chi connectivity index (χ1v) is 14.8. The summed E-state index contributed by atoms with van der Waals surface area (Å²) in [6.45, 7) is 16.7. The maximum Gasteiger partial charge on any atom is 0.305 e. The number of methoxy groups -OCH3 is 2. The van der Waals surface area contributed by atoms with Crippen LogP contribution in [0.3, 0.4) is 0 Å². The number of ether oxygens (including phenoxy) is 2. The molecule has 2 aromatic heterocycles. The molecule has 8 heteroatoms. The lowest BCUT2D eigenvalue weighted by molar-refractivity contribution is -0.141. The minimum absolute atomic E-state index is 0.203. The molecule has 43 heavy (non-hydrogen) atoms. The predicted molar refractivity (Wildman–Crippen MR) is 173 cm³/mol. The zero-order chi connectivity index (χ0) is 31.6. The lowest BCUT2D eigenvalue weighted by Gasteiger charge is -2.08. The van der Waals surface area contributed by atoms with Gasteiger partial charge in [-0.3, -0.25) is 19.6 Å². The Morgan fingerprint density at radius 1 is 0.651 bits per heavy atom. The Labute approximate surface area is 254 Å². The third-order valence-corrected chi connectivity index (χ3v) is 8.92. The van der Waals surface area contributed by atoms with E-state index in [0.29, 0.717) is 25.7 Å². The normalized spacial score (nSPS) is 17.0. The molecule has 2 N–H and O–H groups in total. The molecule has 0 atom stereocenters. The smallest absolute Gasteiger partial charge is 0.305 e. The number of nitrogens with one attached hydrogen (secondary N) is 2. The number of carbonyl (C=O) groups excluding carboxylic acids is 2. The van der Waals surface area contributed by atoms with Crippen LogP contribution in [-0.4, -0.2) is 47.5 Å². The highest BCUT2D eigenvalue weighted by Crippen LogP contribution is 2.37. The number of esters is 2. The third kappa shape index (κ3) is 6.58. The first-order valence-electron chi connectivity index (χ1n) is 14.8. The number of hydrogen-bond acceptors (Lipinski definition) is 6. The van der Waals surface area contributed by atoms with Crippen molar-refractivity contribution >= 4 is 35.5 Å². The average Bonchev–Trinajstić information content (AvgIpc) is 3.59. The quantitative estimate of drug-likeness (QED) is 0.289. The summed E-state index contributed by atoms with van der Waals surface area (Å²) in [6, 6.07) is 0. The molecule has 0 fully saturated rings. The molecule has 4 heterocycles. The van der Waals surface area contributed by atoms with E-state index in [2.05, 4.69) is 63.7 Å². The van der Waals surface area contributed by atoms with Crippen LogP contribution in [0.2, 0.25) is 0 Å². The Balaban J connectivity index is 1.58. The second kappa shape index (κ2) is 13.0. The molecule has 2 aliphatic rings. The number of carbonyl (C=O) groups is 2. The summed E-state index contributed by atoms with van der Waals surface area (Å²) in [4.78, 5) is 40.3. The number of nitrogens with zero attached hydrogens (tertiary/aromatic N) is 2. The van der Waals surface area contributed by atoms with Crippen LogP contribution in [-0.2, 0) is 31.9 Å². The van der Waals surface area contributed by atoms with Crippen molar-refractivity contribution in [3.05, 3.63) is 78.7 Å². The van der Waals surface area contributed by atoms with Crippen LogP contribution < -0.4 is 0 Å². The summed E-state index contributed by atoms with van der Waals surface area (Å²) < 4.78 is 9.65. The zero-order valence-corrected chi connectivity index (χ0v) is 27.2. The van der Waals surface area contributed by atoms with Crippen LogP contribution in [0.25, 0.3) is 12.2 Å². The summed E-state index contributed by atoms with van der Waals surface area (Å²) in [5.41, 5.74) is 17.5. The average molecular weight is 585 g/mol. The van der Waals surface area contributed by atoms with E-state index in [4.69, 9.17) is 19.5 Å². The Morgan fingerprint density at radius 2 is 1.02 bits per heavy atom. The Morgan fingerprint density at radius 3 is 1.37 bits per heavy atom. The van der Waals surface area contributed by atoms with E-state index < -0.39 is 0 Å². The van der Waals surface area contributed by atoms with E-state index in [9.17, 15) is 9.59 Å². The van der Waals surface area contributed by atoms with Crippen LogP contribution >= 0.6 is 0 Å². The molecule has 0 radical (unpaired) electrons. The highest BCUT2D eigenvalue weighted by atomic mass is 16.5. The molecule has 0 unspecified atom stereocenters. The highest BCUT2D eigenvalue weighted by Gasteiger charge is 2.25. The van der Waals surface area contributed by atoms with Crippen LogP contribution in [0.15, 0.2) is 43.7 Å². The molecule has 0 amide bonds. The zero-order valence-electron chi connectivity index (χ0n) is 27.2. The summed E-state index contributed by atoms with van der Waals surface area (Å²) in [6.07, 6.45) is 7.00. The largest absolute Gasteiger partial charge is 0.469 e. The van der Waals surface area contributed by atoms with Crippen molar-refractivity contribution < 1.29 is 19.1 Å². The lowest BCUT2D eigenvalue weighted by atomic mass is 9.93. The number of H-pyrrole nitrogens is 2. The molecule has 0 aliphatic carbocycles. The molecule has 0 saturated heterocycles. The Bertz CT molecular complexity index is 1540. The van der Waals surface area contributed by atoms with Crippen molar-refractivity contribution in [1.82, 2.24) is 9.97 Å². The minimum Gasteiger partial charge on any atom is -0.469 e. The predicted octanol–water partition coefficient (Wildman–Crippen LogP) is 7.14. The highest BCUT2D eigenvalue weighted by molar-refractivity contribution is 6.09. The second-order valence-corrected chi connectivity index (χ2v) is 11.5. The van der Waals surface area contributed by atoms with Crippen molar-refractivity contribution in [2.75, 3.05) is 14.2 Å². The van der Waals surface area contributed by atoms with Crippen molar-refractivity contribution in [3.8, 4) is 0 Å². The minimum atomic E-state index is -0.203. The molecule has 2 aromatic rings. The maximum atomic E-state index is 11.7. The van der Waals surface area contributed by atoms with Crippen LogP contribution in [0, 0.1) is 27.7 Å². The van der Waals surface area contributed by atoms with E-state index in [0.717, 1.165) is 85.4 Å². The molecule has 228 valence electrons. The lowest BCUT2D eigenvalue weighted by Crippen LogP contribution is -2.02. The van der Waals surface area contributed by atoms with Gasteiger partial charge in [0.25, 0.3) is 0 Å². The van der Waals surface area contributed by atoms with Gasteiger partial charge in [-0.15, -0.1) is 0 Å². The van der Waals surface area contributed by atoms with E-state index in [1.807, 2.05) is 13.8 Å². The van der Waals surface area contributed by atoms with Crippen LogP contribution in [0.4, 0.5) is 0 Å². The number of hydrogen-bond donors (Lipinski definition) is 2. The fourth-order valence-electron chi connectivity index (χ4n) is 6.10. The number of allylic oxidation sites excluding steroid dienone is 4. The van der Waals surface area contributed by atoms with E-state index >= 15 is 0 Å².